The van der Waals surface area contributed by atoms with Gasteiger partial charge in [-0.15, -0.1) is 0 Å². The molecule has 0 aromatic heterocycles. The van der Waals surface area contributed by atoms with Gasteiger partial charge in [0.1, 0.15) is 12.1 Å². The van der Waals surface area contributed by atoms with Gasteiger partial charge in [0.25, 0.3) is 0 Å². The van der Waals surface area contributed by atoms with E-state index in [9.17, 15) is 19.5 Å². The summed E-state index contributed by atoms with van der Waals surface area (Å²) in [6, 6.07) is 6.45. The predicted octanol–water partition coefficient (Wildman–Crippen LogP) is 2.97. The number of hydrogen-bond acceptors (Lipinski definition) is 4. The van der Waals surface area contributed by atoms with Crippen LogP contribution in [0, 0.1) is 17.8 Å². The molecule has 3 N–H and O–H groups in total. The van der Waals surface area contributed by atoms with Crippen LogP contribution in [0.15, 0.2) is 24.3 Å². The first-order valence-electron chi connectivity index (χ1n) is 12.8. The third-order valence-corrected chi connectivity index (χ3v) is 7.65. The molecule has 1 aromatic carbocycles. The zero-order valence-electron chi connectivity index (χ0n) is 21.2. The molecule has 0 radical (unpaired) electrons. The summed E-state index contributed by atoms with van der Waals surface area (Å²) >= 11 is 0. The van der Waals surface area contributed by atoms with Crippen LogP contribution in [0.25, 0.3) is 0 Å². The highest BCUT2D eigenvalue weighted by Crippen LogP contribution is 2.33. The maximum Gasteiger partial charge on any atom is 0.248 e. The van der Waals surface area contributed by atoms with Gasteiger partial charge < -0.3 is 20.6 Å². The van der Waals surface area contributed by atoms with Crippen molar-refractivity contribution in [1.82, 2.24) is 15.5 Å². The lowest BCUT2D eigenvalue weighted by Gasteiger charge is -2.32. The molecule has 1 aromatic rings. The molecule has 0 unspecified atom stereocenters. The molecule has 1 aliphatic carbocycles. The minimum atomic E-state index is -1.07. The van der Waals surface area contributed by atoms with Gasteiger partial charge in [0.15, 0.2) is 0 Å². The number of likely N-dealkylation sites (tertiary alicyclic amines) is 1. The summed E-state index contributed by atoms with van der Waals surface area (Å²) in [5.41, 5.74) is 2.42. The van der Waals surface area contributed by atoms with E-state index in [0.29, 0.717) is 25.3 Å². The zero-order chi connectivity index (χ0) is 25.0. The monoisotopic (exact) mass is 471 g/mol. The fraction of sp³-hybridized carbons (Fsp3) is 0.667. The summed E-state index contributed by atoms with van der Waals surface area (Å²) in [6.07, 6.45) is 3.05. The van der Waals surface area contributed by atoms with Crippen LogP contribution in [0.1, 0.15) is 77.5 Å². The highest BCUT2D eigenvalue weighted by atomic mass is 16.3. The number of carbonyl (C=O) groups is 3. The van der Waals surface area contributed by atoms with Gasteiger partial charge in [0, 0.05) is 12.5 Å². The summed E-state index contributed by atoms with van der Waals surface area (Å²) in [7, 11) is 0. The molecule has 1 aliphatic heterocycles. The minimum absolute atomic E-state index is 0.0647. The molecule has 34 heavy (non-hydrogen) atoms. The SMILES string of the molecule is CC[C@@H](C)C(=O)N[C@H](C(=O)N1C[C@@H](C(C)C)C[C@H]1C(=O)N[C@@H]1CCCc2ccccc21)[C@H](C)O. The molecular weight excluding hydrogens is 430 g/mol. The van der Waals surface area contributed by atoms with E-state index >= 15 is 0 Å². The Morgan fingerprint density at radius 3 is 2.50 bits per heavy atom. The van der Waals surface area contributed by atoms with E-state index in [1.54, 1.807) is 11.8 Å². The van der Waals surface area contributed by atoms with E-state index in [1.807, 2.05) is 19.1 Å². The number of aliphatic hydroxyl groups is 1. The van der Waals surface area contributed by atoms with Crippen molar-refractivity contribution in [2.75, 3.05) is 6.54 Å². The average Bonchev–Trinajstić information content (AvgIpc) is 3.27. The van der Waals surface area contributed by atoms with Crippen molar-refractivity contribution in [3.63, 3.8) is 0 Å². The van der Waals surface area contributed by atoms with Crippen molar-refractivity contribution in [2.24, 2.45) is 17.8 Å². The summed E-state index contributed by atoms with van der Waals surface area (Å²) in [5.74, 6) is -0.584. The number of hydrogen-bond donors (Lipinski definition) is 3. The number of aliphatic hydroxyl groups excluding tert-OH is 1. The quantitative estimate of drug-likeness (QED) is 0.543. The molecule has 1 fully saturated rings. The topological polar surface area (TPSA) is 98.7 Å². The molecular formula is C27H41N3O4. The largest absolute Gasteiger partial charge is 0.391 e. The molecule has 3 rings (SSSR count). The Kier molecular flexibility index (Phi) is 8.74. The number of rotatable bonds is 8. The highest BCUT2D eigenvalue weighted by molar-refractivity contribution is 5.93. The molecule has 6 atom stereocenters. The van der Waals surface area contributed by atoms with Gasteiger partial charge in [-0.2, -0.15) is 0 Å². The molecule has 188 valence electrons. The second-order valence-electron chi connectivity index (χ2n) is 10.4. The average molecular weight is 472 g/mol. The molecule has 7 heteroatoms. The lowest BCUT2D eigenvalue weighted by molar-refractivity contribution is -0.144. The van der Waals surface area contributed by atoms with Gasteiger partial charge in [-0.1, -0.05) is 52.0 Å². The van der Waals surface area contributed by atoms with Gasteiger partial charge in [-0.25, -0.2) is 0 Å². The Balaban J connectivity index is 1.80. The molecule has 0 saturated carbocycles. The molecule has 1 heterocycles. The first-order chi connectivity index (χ1) is 16.1. The number of fused-ring (bicyclic) bond motifs is 1. The highest BCUT2D eigenvalue weighted by Gasteiger charge is 2.44. The van der Waals surface area contributed by atoms with Crippen molar-refractivity contribution in [3.8, 4) is 0 Å². The normalized spacial score (nSPS) is 24.8. The van der Waals surface area contributed by atoms with Crippen LogP contribution in [0.5, 0.6) is 0 Å². The molecule has 1 saturated heterocycles. The molecule has 0 bridgehead atoms. The number of benzene rings is 1. The second-order valence-corrected chi connectivity index (χ2v) is 10.4. The van der Waals surface area contributed by atoms with Crippen molar-refractivity contribution in [3.05, 3.63) is 35.4 Å². The number of carbonyl (C=O) groups excluding carboxylic acids is 3. The third kappa shape index (κ3) is 5.80. The van der Waals surface area contributed by atoms with E-state index in [2.05, 4.69) is 36.6 Å². The first-order valence-corrected chi connectivity index (χ1v) is 12.8. The Morgan fingerprint density at radius 2 is 1.85 bits per heavy atom. The summed E-state index contributed by atoms with van der Waals surface area (Å²) in [5, 5.41) is 16.3. The Labute approximate surface area is 203 Å². The van der Waals surface area contributed by atoms with Gasteiger partial charge >= 0.3 is 0 Å². The Bertz CT molecular complexity index is 884. The second kappa shape index (κ2) is 11.3. The number of nitrogens with one attached hydrogen (secondary N) is 2. The van der Waals surface area contributed by atoms with E-state index in [1.165, 1.54) is 12.5 Å². The Morgan fingerprint density at radius 1 is 1.15 bits per heavy atom. The molecule has 0 spiro atoms. The maximum atomic E-state index is 13.6. The van der Waals surface area contributed by atoms with Gasteiger partial charge in [0.2, 0.25) is 17.7 Å². The van der Waals surface area contributed by atoms with Crippen LogP contribution in [-0.4, -0.2) is 52.5 Å². The van der Waals surface area contributed by atoms with Crippen LogP contribution in [0.2, 0.25) is 0 Å². The molecule has 7 nitrogen and oxygen atoms in total. The van der Waals surface area contributed by atoms with Crippen LogP contribution >= 0.6 is 0 Å². The standard InChI is InChI=1S/C27H41N3O4/c1-6-17(4)25(32)29-24(18(5)31)27(34)30-15-20(16(2)3)14-23(30)26(33)28-22-13-9-11-19-10-7-8-12-21(19)22/h7-8,10,12,16-18,20,22-24,31H,6,9,11,13-15H2,1-5H3,(H,28,33)(H,29,32)/t17-,18+,20+,22-,23+,24+/m1/s1. The fourth-order valence-electron chi connectivity index (χ4n) is 5.06. The number of aryl methyl sites for hydroxylation is 1. The minimum Gasteiger partial charge on any atom is -0.391 e. The van der Waals surface area contributed by atoms with Crippen molar-refractivity contribution < 1.29 is 19.5 Å². The summed E-state index contributed by atoms with van der Waals surface area (Å²) < 4.78 is 0. The lowest BCUT2D eigenvalue weighted by Crippen LogP contribution is -2.57. The van der Waals surface area contributed by atoms with E-state index < -0.39 is 18.2 Å². The van der Waals surface area contributed by atoms with Crippen molar-refractivity contribution in [1.29, 1.82) is 0 Å². The van der Waals surface area contributed by atoms with Crippen molar-refractivity contribution >= 4 is 17.7 Å². The Hall–Kier alpha value is -2.41. The maximum absolute atomic E-state index is 13.6. The number of amides is 3. The summed E-state index contributed by atoms with van der Waals surface area (Å²) in [6.45, 7) is 9.84. The van der Waals surface area contributed by atoms with Gasteiger partial charge in [0.05, 0.1) is 12.1 Å². The molecule has 2 aliphatic rings. The van der Waals surface area contributed by atoms with E-state index in [-0.39, 0.29) is 35.6 Å². The van der Waals surface area contributed by atoms with E-state index in [4.69, 9.17) is 0 Å². The third-order valence-electron chi connectivity index (χ3n) is 7.65. The van der Waals surface area contributed by atoms with E-state index in [0.717, 1.165) is 24.8 Å². The zero-order valence-corrected chi connectivity index (χ0v) is 21.2. The van der Waals surface area contributed by atoms with Crippen LogP contribution < -0.4 is 10.6 Å². The van der Waals surface area contributed by atoms with Gasteiger partial charge in [-0.05, 0) is 62.0 Å². The van der Waals surface area contributed by atoms with Crippen LogP contribution in [0.3, 0.4) is 0 Å². The molecule has 3 amide bonds. The first kappa shape index (κ1) is 26.2. The van der Waals surface area contributed by atoms with Crippen LogP contribution in [0.4, 0.5) is 0 Å². The van der Waals surface area contributed by atoms with Gasteiger partial charge in [-0.3, -0.25) is 14.4 Å². The lowest BCUT2D eigenvalue weighted by atomic mass is 9.87. The fourth-order valence-corrected chi connectivity index (χ4v) is 5.06. The van der Waals surface area contributed by atoms with Crippen LogP contribution in [-0.2, 0) is 20.8 Å². The number of nitrogens with zero attached hydrogens (tertiary/aromatic N) is 1. The summed E-state index contributed by atoms with van der Waals surface area (Å²) in [4.78, 5) is 41.2. The van der Waals surface area contributed by atoms with Crippen molar-refractivity contribution in [2.45, 2.75) is 91.0 Å². The predicted molar refractivity (Wildman–Crippen MR) is 132 cm³/mol. The smallest absolute Gasteiger partial charge is 0.248 e.